The van der Waals surface area contributed by atoms with Gasteiger partial charge < -0.3 is 0 Å². The average Bonchev–Trinajstić information content (AvgIpc) is 3.85. The zero-order chi connectivity index (χ0) is 32.9. The Morgan fingerprint density at radius 3 is 0.840 bits per heavy atom. The molecule has 2 spiro atoms. The van der Waals surface area contributed by atoms with Crippen LogP contribution in [0.3, 0.4) is 0 Å². The highest BCUT2D eigenvalue weighted by Gasteiger charge is 2.60. The van der Waals surface area contributed by atoms with Crippen LogP contribution >= 0.6 is 0 Å². The number of hydrogen-bond donors (Lipinski definition) is 0. The van der Waals surface area contributed by atoms with Gasteiger partial charge >= 0.3 is 0 Å². The molecule has 0 saturated carbocycles. The number of rotatable bonds is 0. The lowest BCUT2D eigenvalue weighted by Crippen LogP contribution is -2.33. The van der Waals surface area contributed by atoms with E-state index in [1.54, 1.807) is 0 Å². The highest BCUT2D eigenvalue weighted by Crippen LogP contribution is 2.72. The molecule has 0 nitrogen and oxygen atoms in total. The Balaban J connectivity index is 1.42. The van der Waals surface area contributed by atoms with Gasteiger partial charge in [0.1, 0.15) is 0 Å². The van der Waals surface area contributed by atoms with Crippen molar-refractivity contribution < 1.29 is 0 Å². The summed E-state index contributed by atoms with van der Waals surface area (Å²) in [6.45, 7) is 4.56. The minimum absolute atomic E-state index is 0.475. The Bertz CT molecular complexity index is 2560. The third-order valence-corrected chi connectivity index (χ3v) is 12.8. The van der Waals surface area contributed by atoms with Gasteiger partial charge in [0.15, 0.2) is 0 Å². The van der Waals surface area contributed by atoms with Crippen molar-refractivity contribution in [1.29, 1.82) is 0 Å². The molecule has 0 amide bonds. The number of aryl methyl sites for hydroxylation is 2. The van der Waals surface area contributed by atoms with Crippen molar-refractivity contribution in [3.8, 4) is 44.5 Å². The predicted octanol–water partition coefficient (Wildman–Crippen LogP) is 12.1. The molecule has 0 bridgehead atoms. The quantitative estimate of drug-likeness (QED) is 0.156. The lowest BCUT2D eigenvalue weighted by atomic mass is 9.62. The second kappa shape index (κ2) is 8.97. The van der Waals surface area contributed by atoms with E-state index in [0.717, 1.165) is 0 Å². The molecule has 232 valence electrons. The van der Waals surface area contributed by atoms with Crippen LogP contribution in [0.2, 0.25) is 0 Å². The van der Waals surface area contributed by atoms with E-state index in [4.69, 9.17) is 0 Å². The number of fused-ring (bicyclic) bond motifs is 24. The molecule has 0 aliphatic heterocycles. The normalized spacial score (nSPS) is 15.3. The number of benzene rings is 8. The van der Waals surface area contributed by atoms with Crippen LogP contribution < -0.4 is 0 Å². The average molecular weight is 633 g/mol. The monoisotopic (exact) mass is 632 g/mol. The molecule has 0 fully saturated rings. The lowest BCUT2D eigenvalue weighted by Gasteiger charge is -2.38. The first-order valence-electron chi connectivity index (χ1n) is 17.9. The van der Waals surface area contributed by atoms with Crippen molar-refractivity contribution in [3.63, 3.8) is 0 Å². The first-order valence-corrected chi connectivity index (χ1v) is 17.9. The molecule has 50 heavy (non-hydrogen) atoms. The van der Waals surface area contributed by atoms with E-state index in [0.29, 0.717) is 0 Å². The van der Waals surface area contributed by atoms with Gasteiger partial charge in [-0.05, 0) is 125 Å². The van der Waals surface area contributed by atoms with Gasteiger partial charge in [-0.15, -0.1) is 0 Å². The van der Waals surface area contributed by atoms with Crippen molar-refractivity contribution >= 4 is 10.8 Å². The van der Waals surface area contributed by atoms with Crippen LogP contribution in [0.25, 0.3) is 55.3 Å². The van der Waals surface area contributed by atoms with Crippen LogP contribution in [0.15, 0.2) is 158 Å². The summed E-state index contributed by atoms with van der Waals surface area (Å²) in [6.07, 6.45) is 0. The molecular formula is C50H32. The van der Waals surface area contributed by atoms with Crippen molar-refractivity contribution in [2.24, 2.45) is 0 Å². The van der Waals surface area contributed by atoms with Crippen molar-refractivity contribution in [2.75, 3.05) is 0 Å². The van der Waals surface area contributed by atoms with Gasteiger partial charge in [-0.25, -0.2) is 0 Å². The zero-order valence-electron chi connectivity index (χ0n) is 28.0. The minimum atomic E-state index is -0.475. The van der Waals surface area contributed by atoms with Gasteiger partial charge in [0, 0.05) is 0 Å². The fraction of sp³-hybridized carbons (Fsp3) is 0.0800. The largest absolute Gasteiger partial charge is 0.0729 e. The summed E-state index contributed by atoms with van der Waals surface area (Å²) in [7, 11) is 0. The summed E-state index contributed by atoms with van der Waals surface area (Å²) in [4.78, 5) is 0. The lowest BCUT2D eigenvalue weighted by molar-refractivity contribution is 0.727. The van der Waals surface area contributed by atoms with Crippen LogP contribution in [-0.2, 0) is 10.8 Å². The molecular weight excluding hydrogens is 601 g/mol. The van der Waals surface area contributed by atoms with E-state index < -0.39 is 10.8 Å². The maximum Gasteiger partial charge on any atom is 0.0729 e. The van der Waals surface area contributed by atoms with E-state index in [2.05, 4.69) is 172 Å². The van der Waals surface area contributed by atoms with Gasteiger partial charge in [-0.1, -0.05) is 158 Å². The third kappa shape index (κ3) is 2.76. The van der Waals surface area contributed by atoms with E-state index in [1.165, 1.54) is 111 Å². The van der Waals surface area contributed by atoms with E-state index >= 15 is 0 Å². The Labute approximate surface area is 292 Å². The molecule has 4 aliphatic rings. The molecule has 0 aromatic heterocycles. The van der Waals surface area contributed by atoms with Crippen molar-refractivity contribution in [1.82, 2.24) is 0 Å². The summed E-state index contributed by atoms with van der Waals surface area (Å²) in [5.41, 5.74) is 23.9. The molecule has 0 heterocycles. The fourth-order valence-electron chi connectivity index (χ4n) is 11.0. The Hall–Kier alpha value is -5.98. The van der Waals surface area contributed by atoms with Crippen LogP contribution in [0, 0.1) is 13.8 Å². The topological polar surface area (TPSA) is 0 Å². The Kier molecular flexibility index (Phi) is 4.83. The fourth-order valence-corrected chi connectivity index (χ4v) is 11.0. The molecule has 4 aliphatic carbocycles. The van der Waals surface area contributed by atoms with Crippen molar-refractivity contribution in [2.45, 2.75) is 24.7 Å². The van der Waals surface area contributed by atoms with Crippen LogP contribution in [0.5, 0.6) is 0 Å². The molecule has 0 heteroatoms. The smallest absolute Gasteiger partial charge is 0.0619 e. The summed E-state index contributed by atoms with van der Waals surface area (Å²) in [6, 6.07) is 60.7. The maximum atomic E-state index is 2.50. The van der Waals surface area contributed by atoms with Crippen LogP contribution in [0.1, 0.15) is 55.6 Å². The van der Waals surface area contributed by atoms with E-state index in [1.807, 2.05) is 0 Å². The van der Waals surface area contributed by atoms with Crippen molar-refractivity contribution in [3.05, 3.63) is 213 Å². The predicted molar refractivity (Wildman–Crippen MR) is 206 cm³/mol. The highest BCUT2D eigenvalue weighted by atomic mass is 14.6. The van der Waals surface area contributed by atoms with E-state index in [-0.39, 0.29) is 0 Å². The summed E-state index contributed by atoms with van der Waals surface area (Å²) in [5, 5.41) is 2.72. The van der Waals surface area contributed by atoms with Gasteiger partial charge in [-0.3, -0.25) is 0 Å². The van der Waals surface area contributed by atoms with E-state index in [9.17, 15) is 0 Å². The summed E-state index contributed by atoms with van der Waals surface area (Å²) in [5.74, 6) is 0. The summed E-state index contributed by atoms with van der Waals surface area (Å²) >= 11 is 0. The maximum absolute atomic E-state index is 2.50. The first-order chi connectivity index (χ1) is 24.7. The third-order valence-electron chi connectivity index (χ3n) is 12.8. The molecule has 0 radical (unpaired) electrons. The van der Waals surface area contributed by atoms with Gasteiger partial charge in [0.2, 0.25) is 0 Å². The molecule has 8 aromatic rings. The Morgan fingerprint density at radius 2 is 0.540 bits per heavy atom. The molecule has 0 atom stereocenters. The first kappa shape index (κ1) is 26.9. The molecule has 0 N–H and O–H groups in total. The molecule has 8 aromatic carbocycles. The van der Waals surface area contributed by atoms with Gasteiger partial charge in [0.25, 0.3) is 0 Å². The van der Waals surface area contributed by atoms with Crippen LogP contribution in [0.4, 0.5) is 0 Å². The number of hydrogen-bond acceptors (Lipinski definition) is 0. The van der Waals surface area contributed by atoms with Crippen LogP contribution in [-0.4, -0.2) is 0 Å². The standard InChI is InChI=1S/C50H32/c1-29-27-37-38(28-30(29)2)46-36-20-8-14-26-44(36)50(41-23-11-5-17-33(41)34-18-6-12-24-42(34)50)48(46)47-45(37)35-19-7-13-25-43(35)49(47)39-21-9-3-15-31(39)32-16-4-10-22-40(32)49/h3-28H,1-2H3. The Morgan fingerprint density at radius 1 is 0.300 bits per heavy atom. The summed E-state index contributed by atoms with van der Waals surface area (Å²) < 4.78 is 0. The zero-order valence-corrected chi connectivity index (χ0v) is 28.0. The molecule has 12 rings (SSSR count). The second-order valence-electron chi connectivity index (χ2n) is 14.8. The van der Waals surface area contributed by atoms with Gasteiger partial charge in [0.05, 0.1) is 10.8 Å². The highest BCUT2D eigenvalue weighted by molar-refractivity contribution is 6.16. The SMILES string of the molecule is Cc1cc2c3c(c4c(c2cc1C)-c1ccccc1C41c2ccccc2-c2ccccc21)C1(c2ccccc2-c2ccccc21)c1ccccc1-3. The molecule has 0 unspecified atom stereocenters. The van der Waals surface area contributed by atoms with Gasteiger partial charge in [-0.2, -0.15) is 0 Å². The minimum Gasteiger partial charge on any atom is -0.0619 e. The second-order valence-corrected chi connectivity index (χ2v) is 14.8. The molecule has 0 saturated heterocycles.